The largest absolute Gasteiger partial charge is 0.507 e. The Labute approximate surface area is 231 Å². The molecule has 4 rings (SSSR count). The van der Waals surface area contributed by atoms with Gasteiger partial charge in [0.05, 0.1) is 23.9 Å². The van der Waals surface area contributed by atoms with Crippen molar-refractivity contribution in [1.29, 1.82) is 0 Å². The molecular weight excluding hydrogens is 516 g/mol. The number of benzene rings is 2. The zero-order valence-electron chi connectivity index (χ0n) is 22.3. The van der Waals surface area contributed by atoms with Gasteiger partial charge in [0.25, 0.3) is 5.78 Å². The third-order valence-electron chi connectivity index (χ3n) is 6.27. The van der Waals surface area contributed by atoms with Crippen molar-refractivity contribution in [3.63, 3.8) is 0 Å². The highest BCUT2D eigenvalue weighted by Gasteiger charge is 2.48. The average molecular weight is 547 g/mol. The number of thiazole rings is 1. The van der Waals surface area contributed by atoms with Gasteiger partial charge in [0.15, 0.2) is 5.13 Å². The number of aliphatic hydroxyl groups is 1. The topological polar surface area (TPSA) is 106 Å². The average Bonchev–Trinajstić information content (AvgIpc) is 3.42. The van der Waals surface area contributed by atoms with Crippen LogP contribution in [0, 0.1) is 20.8 Å². The molecule has 1 aliphatic heterocycles. The van der Waals surface area contributed by atoms with Gasteiger partial charge in [-0.3, -0.25) is 14.5 Å². The molecule has 202 valence electrons. The molecule has 3 aromatic rings. The van der Waals surface area contributed by atoms with Crippen molar-refractivity contribution >= 4 is 39.9 Å². The van der Waals surface area contributed by atoms with Crippen LogP contribution in [-0.4, -0.2) is 41.0 Å². The predicted molar refractivity (Wildman–Crippen MR) is 150 cm³/mol. The first kappa shape index (κ1) is 27.8. The van der Waals surface area contributed by atoms with Crippen molar-refractivity contribution in [3.05, 3.63) is 93.5 Å². The molecule has 39 heavy (non-hydrogen) atoms. The van der Waals surface area contributed by atoms with Crippen LogP contribution in [0.5, 0.6) is 5.75 Å². The van der Waals surface area contributed by atoms with Crippen LogP contribution in [0.3, 0.4) is 0 Å². The van der Waals surface area contributed by atoms with Crippen LogP contribution < -0.4 is 9.64 Å². The number of esters is 1. The molecule has 1 saturated heterocycles. The summed E-state index contributed by atoms with van der Waals surface area (Å²) in [4.78, 5) is 45.4. The van der Waals surface area contributed by atoms with E-state index in [-0.39, 0.29) is 27.9 Å². The fraction of sp³-hybridized carbons (Fsp3) is 0.267. The van der Waals surface area contributed by atoms with Crippen LogP contribution in [0.15, 0.2) is 60.7 Å². The lowest BCUT2D eigenvalue weighted by Crippen LogP contribution is -2.29. The number of amides is 1. The van der Waals surface area contributed by atoms with Gasteiger partial charge in [0.2, 0.25) is 0 Å². The summed E-state index contributed by atoms with van der Waals surface area (Å²) < 4.78 is 10.8. The minimum atomic E-state index is -0.955. The first-order valence-electron chi connectivity index (χ1n) is 12.5. The van der Waals surface area contributed by atoms with Gasteiger partial charge >= 0.3 is 11.9 Å². The first-order chi connectivity index (χ1) is 18.7. The van der Waals surface area contributed by atoms with Crippen molar-refractivity contribution in [2.75, 3.05) is 18.1 Å². The molecule has 2 heterocycles. The van der Waals surface area contributed by atoms with Crippen LogP contribution in [0.25, 0.3) is 5.76 Å². The van der Waals surface area contributed by atoms with Gasteiger partial charge in [-0.15, -0.1) is 0 Å². The van der Waals surface area contributed by atoms with Crippen molar-refractivity contribution in [2.45, 2.75) is 40.2 Å². The predicted octanol–water partition coefficient (Wildman–Crippen LogP) is 5.83. The van der Waals surface area contributed by atoms with E-state index in [1.807, 2.05) is 26.0 Å². The fourth-order valence-electron chi connectivity index (χ4n) is 4.33. The lowest BCUT2D eigenvalue weighted by Gasteiger charge is -2.23. The lowest BCUT2D eigenvalue weighted by atomic mass is 9.93. The summed E-state index contributed by atoms with van der Waals surface area (Å²) in [5.41, 5.74) is 3.02. The monoisotopic (exact) mass is 546 g/mol. The Hall–Kier alpha value is -4.24. The summed E-state index contributed by atoms with van der Waals surface area (Å²) in [6.45, 7) is 11.5. The third-order valence-corrected chi connectivity index (χ3v) is 7.41. The summed E-state index contributed by atoms with van der Waals surface area (Å²) in [6, 6.07) is 11.6. The quantitative estimate of drug-likeness (QED) is 0.118. The highest BCUT2D eigenvalue weighted by Crippen LogP contribution is 2.44. The number of aryl methyl sites for hydroxylation is 3. The molecule has 1 aliphatic rings. The third kappa shape index (κ3) is 5.49. The number of hydrogen-bond acceptors (Lipinski definition) is 8. The normalized spacial score (nSPS) is 16.4. The van der Waals surface area contributed by atoms with E-state index in [9.17, 15) is 19.5 Å². The maximum atomic E-state index is 13.5. The van der Waals surface area contributed by atoms with Gasteiger partial charge in [-0.25, -0.2) is 9.78 Å². The Morgan fingerprint density at radius 3 is 2.51 bits per heavy atom. The van der Waals surface area contributed by atoms with Crippen molar-refractivity contribution in [2.24, 2.45) is 0 Å². The summed E-state index contributed by atoms with van der Waals surface area (Å²) in [5, 5.41) is 11.6. The SMILES string of the molecule is C=CCOC(=O)c1sc(N2C(=O)C(=O)/C(=C(/O)c3ccc(OCCC)cc3C)C2c2ccc(C)cc2)nc1C. The van der Waals surface area contributed by atoms with Gasteiger partial charge in [-0.05, 0) is 56.5 Å². The first-order valence-corrected chi connectivity index (χ1v) is 13.4. The number of carbonyl (C=O) groups is 3. The lowest BCUT2D eigenvalue weighted by molar-refractivity contribution is -0.132. The molecule has 9 heteroatoms. The molecule has 1 amide bonds. The Morgan fingerprint density at radius 2 is 1.87 bits per heavy atom. The highest BCUT2D eigenvalue weighted by atomic mass is 32.1. The number of anilines is 1. The minimum absolute atomic E-state index is 0.0288. The Kier molecular flexibility index (Phi) is 8.30. The summed E-state index contributed by atoms with van der Waals surface area (Å²) >= 11 is 0.957. The fourth-order valence-corrected chi connectivity index (χ4v) is 5.31. The molecule has 2 aromatic carbocycles. The molecule has 1 N–H and O–H groups in total. The molecule has 0 spiro atoms. The standard InChI is InChI=1S/C30H30N2O6S/c1-6-14-37-21-12-13-22(18(4)16-21)25(33)23-24(20-10-8-17(3)9-11-20)32(28(35)26(23)34)30-31-19(5)27(39-30)29(36)38-15-7-2/h7-13,16,24,33H,2,6,14-15H2,1,3-5H3/b25-23+. The van der Waals surface area contributed by atoms with E-state index in [0.717, 1.165) is 23.3 Å². The second kappa shape index (κ2) is 11.7. The van der Waals surface area contributed by atoms with Crippen LogP contribution >= 0.6 is 11.3 Å². The molecule has 0 aliphatic carbocycles. The maximum Gasteiger partial charge on any atom is 0.350 e. The number of carbonyl (C=O) groups excluding carboxylic acids is 3. The molecule has 0 radical (unpaired) electrons. The minimum Gasteiger partial charge on any atom is -0.507 e. The van der Waals surface area contributed by atoms with Crippen molar-refractivity contribution < 1.29 is 29.0 Å². The maximum absolute atomic E-state index is 13.5. The van der Waals surface area contributed by atoms with Crippen molar-refractivity contribution in [1.82, 2.24) is 4.98 Å². The highest BCUT2D eigenvalue weighted by molar-refractivity contribution is 7.17. The molecule has 8 nitrogen and oxygen atoms in total. The number of aromatic nitrogens is 1. The van der Waals surface area contributed by atoms with E-state index in [2.05, 4.69) is 11.6 Å². The zero-order chi connectivity index (χ0) is 28.3. The molecule has 0 saturated carbocycles. The molecule has 1 atom stereocenters. The Balaban J connectivity index is 1.85. The van der Waals surface area contributed by atoms with Crippen LogP contribution in [0.1, 0.15) is 57.0 Å². The van der Waals surface area contributed by atoms with E-state index in [4.69, 9.17) is 9.47 Å². The number of ether oxygens (including phenoxy) is 2. The van der Waals surface area contributed by atoms with E-state index in [1.54, 1.807) is 44.2 Å². The molecule has 1 fully saturated rings. The number of aliphatic hydroxyl groups excluding tert-OH is 1. The smallest absolute Gasteiger partial charge is 0.350 e. The number of ketones is 1. The van der Waals surface area contributed by atoms with Crippen LogP contribution in [0.2, 0.25) is 0 Å². The van der Waals surface area contributed by atoms with Gasteiger partial charge < -0.3 is 14.6 Å². The van der Waals surface area contributed by atoms with Gasteiger partial charge in [0, 0.05) is 5.56 Å². The van der Waals surface area contributed by atoms with Crippen LogP contribution in [0.4, 0.5) is 5.13 Å². The summed E-state index contributed by atoms with van der Waals surface area (Å²) in [7, 11) is 0. The van der Waals surface area contributed by atoms with E-state index in [1.165, 1.54) is 11.0 Å². The van der Waals surface area contributed by atoms with Crippen molar-refractivity contribution in [3.8, 4) is 5.75 Å². The zero-order valence-corrected chi connectivity index (χ0v) is 23.1. The van der Waals surface area contributed by atoms with E-state index >= 15 is 0 Å². The molecule has 1 aromatic heterocycles. The van der Waals surface area contributed by atoms with E-state index in [0.29, 0.717) is 34.7 Å². The summed E-state index contributed by atoms with van der Waals surface area (Å²) in [6.07, 6.45) is 2.31. The number of hydrogen-bond donors (Lipinski definition) is 1. The number of nitrogens with zero attached hydrogens (tertiary/aromatic N) is 2. The Bertz CT molecular complexity index is 1470. The molecule has 0 bridgehead atoms. The molecular formula is C30H30N2O6S. The number of rotatable bonds is 9. The second-order valence-electron chi connectivity index (χ2n) is 9.20. The van der Waals surface area contributed by atoms with Crippen LogP contribution in [-0.2, 0) is 14.3 Å². The van der Waals surface area contributed by atoms with Gasteiger partial charge in [-0.1, -0.05) is 60.7 Å². The van der Waals surface area contributed by atoms with E-state index < -0.39 is 23.7 Å². The number of Topliss-reactive ketones (excluding diaryl/α,β-unsaturated/α-hetero) is 1. The summed E-state index contributed by atoms with van der Waals surface area (Å²) in [5.74, 6) is -1.93. The molecule has 1 unspecified atom stereocenters. The van der Waals surface area contributed by atoms with Gasteiger partial charge in [-0.2, -0.15) is 0 Å². The Morgan fingerprint density at radius 1 is 1.15 bits per heavy atom. The van der Waals surface area contributed by atoms with Gasteiger partial charge in [0.1, 0.15) is 23.0 Å². The second-order valence-corrected chi connectivity index (χ2v) is 10.2.